The molecule has 0 aliphatic carbocycles. The first-order chi connectivity index (χ1) is 16.6. The molecule has 2 N–H and O–H groups in total. The molecule has 1 aromatic heterocycles. The Kier molecular flexibility index (Phi) is 7.95. The van der Waals surface area contributed by atoms with Gasteiger partial charge in [0.15, 0.2) is 5.13 Å². The number of hydrogen-bond acceptors (Lipinski definition) is 6. The molecule has 172 valence electrons. The van der Waals surface area contributed by atoms with Crippen LogP contribution in [0.1, 0.15) is 12.5 Å². The van der Waals surface area contributed by atoms with Crippen LogP contribution in [0.25, 0.3) is 16.3 Å². The second-order valence-electron chi connectivity index (χ2n) is 7.18. The minimum atomic E-state index is -0.216. The van der Waals surface area contributed by atoms with E-state index >= 15 is 0 Å². The Morgan fingerprint density at radius 3 is 2.71 bits per heavy atom. The first-order valence-electron chi connectivity index (χ1n) is 10.7. The molecule has 0 aliphatic heterocycles. The van der Waals surface area contributed by atoms with E-state index in [1.807, 2.05) is 79.7 Å². The lowest BCUT2D eigenvalue weighted by atomic mass is 10.2. The molecular weight excluding hydrogens is 466 g/mol. The summed E-state index contributed by atoms with van der Waals surface area (Å²) in [6, 6.07) is 22.7. The van der Waals surface area contributed by atoms with E-state index in [0.29, 0.717) is 17.4 Å². The van der Waals surface area contributed by atoms with E-state index in [4.69, 9.17) is 4.74 Å². The molecule has 4 rings (SSSR count). The van der Waals surface area contributed by atoms with E-state index in [2.05, 4.69) is 15.6 Å². The molecule has 0 saturated carbocycles. The van der Waals surface area contributed by atoms with Crippen molar-refractivity contribution in [2.45, 2.75) is 11.8 Å². The van der Waals surface area contributed by atoms with Crippen LogP contribution in [0.15, 0.2) is 83.8 Å². The van der Waals surface area contributed by atoms with Gasteiger partial charge in [-0.1, -0.05) is 47.7 Å². The Morgan fingerprint density at radius 2 is 1.88 bits per heavy atom. The summed E-state index contributed by atoms with van der Waals surface area (Å²) >= 11 is 2.80. The summed E-state index contributed by atoms with van der Waals surface area (Å²) in [4.78, 5) is 30.0. The fourth-order valence-corrected chi connectivity index (χ4v) is 4.77. The zero-order valence-corrected chi connectivity index (χ0v) is 20.1. The number of hydrogen-bond donors (Lipinski definition) is 2. The maximum atomic E-state index is 12.4. The number of benzene rings is 3. The van der Waals surface area contributed by atoms with E-state index in [0.717, 1.165) is 26.4 Å². The van der Waals surface area contributed by atoms with Gasteiger partial charge >= 0.3 is 0 Å². The van der Waals surface area contributed by atoms with Crippen LogP contribution in [-0.2, 0) is 9.59 Å². The highest BCUT2D eigenvalue weighted by Crippen LogP contribution is 2.29. The number of thiazole rings is 1. The molecule has 6 nitrogen and oxygen atoms in total. The molecule has 2 amide bonds. The van der Waals surface area contributed by atoms with Gasteiger partial charge in [-0.3, -0.25) is 9.59 Å². The van der Waals surface area contributed by atoms with Crippen LogP contribution in [0.4, 0.5) is 10.8 Å². The summed E-state index contributed by atoms with van der Waals surface area (Å²) in [6.07, 6.45) is 3.26. The fourth-order valence-electron chi connectivity index (χ4n) is 3.10. The Morgan fingerprint density at radius 1 is 1.03 bits per heavy atom. The number of carbonyl (C=O) groups is 2. The molecule has 0 radical (unpaired) electrons. The number of aromatic nitrogens is 1. The van der Waals surface area contributed by atoms with Gasteiger partial charge in [-0.2, -0.15) is 0 Å². The van der Waals surface area contributed by atoms with Gasteiger partial charge in [0.25, 0.3) is 0 Å². The number of ether oxygens (including phenoxy) is 1. The maximum Gasteiger partial charge on any atom is 0.248 e. The molecule has 0 unspecified atom stereocenters. The van der Waals surface area contributed by atoms with Gasteiger partial charge < -0.3 is 15.4 Å². The molecule has 0 bridgehead atoms. The summed E-state index contributed by atoms with van der Waals surface area (Å²) in [6.45, 7) is 2.54. The van der Waals surface area contributed by atoms with Crippen LogP contribution in [-0.4, -0.2) is 29.2 Å². The lowest BCUT2D eigenvalue weighted by Crippen LogP contribution is -2.13. The molecule has 1 heterocycles. The number of thioether (sulfide) groups is 1. The molecule has 0 aliphatic rings. The molecule has 8 heteroatoms. The van der Waals surface area contributed by atoms with Crippen LogP contribution in [0.5, 0.6) is 5.75 Å². The smallest absolute Gasteiger partial charge is 0.248 e. The first-order valence-corrected chi connectivity index (χ1v) is 12.5. The number of fused-ring (bicyclic) bond motifs is 1. The summed E-state index contributed by atoms with van der Waals surface area (Å²) < 4.78 is 6.47. The average molecular weight is 490 g/mol. The largest absolute Gasteiger partial charge is 0.494 e. The second kappa shape index (κ2) is 11.5. The van der Waals surface area contributed by atoms with Gasteiger partial charge in [-0.05, 0) is 55.0 Å². The van der Waals surface area contributed by atoms with Crippen molar-refractivity contribution in [1.29, 1.82) is 0 Å². The lowest BCUT2D eigenvalue weighted by Gasteiger charge is -2.06. The lowest BCUT2D eigenvalue weighted by molar-refractivity contribution is -0.114. The highest BCUT2D eigenvalue weighted by atomic mass is 32.2. The average Bonchev–Trinajstić information content (AvgIpc) is 3.24. The van der Waals surface area contributed by atoms with Gasteiger partial charge in [0.1, 0.15) is 5.75 Å². The zero-order valence-electron chi connectivity index (χ0n) is 18.5. The molecule has 4 aromatic rings. The summed E-state index contributed by atoms with van der Waals surface area (Å²) in [7, 11) is 0. The van der Waals surface area contributed by atoms with Gasteiger partial charge in [0.2, 0.25) is 11.8 Å². The first kappa shape index (κ1) is 23.5. The maximum absolute atomic E-state index is 12.4. The minimum absolute atomic E-state index is 0.144. The standard InChI is InChI=1S/C26H23N3O3S2/c1-2-32-20-12-13-22-23(16-20)34-26(28-22)29-25(31)17-33-21-10-6-9-19(15-21)27-24(30)14-11-18-7-4-3-5-8-18/h3-16H,2,17H2,1H3,(H,27,30)(H,28,29,31)/b14-11+. The monoisotopic (exact) mass is 489 g/mol. The van der Waals surface area contributed by atoms with Gasteiger partial charge in [0.05, 0.1) is 22.6 Å². The van der Waals surface area contributed by atoms with Crippen molar-refractivity contribution < 1.29 is 14.3 Å². The van der Waals surface area contributed by atoms with Crippen LogP contribution in [0.3, 0.4) is 0 Å². The fraction of sp³-hybridized carbons (Fsp3) is 0.115. The summed E-state index contributed by atoms with van der Waals surface area (Å²) in [5.41, 5.74) is 2.45. The van der Waals surface area contributed by atoms with E-state index in [-0.39, 0.29) is 17.6 Å². The van der Waals surface area contributed by atoms with E-state index in [1.165, 1.54) is 29.2 Å². The number of nitrogens with one attached hydrogen (secondary N) is 2. The number of rotatable bonds is 9. The molecule has 34 heavy (non-hydrogen) atoms. The second-order valence-corrected chi connectivity index (χ2v) is 9.26. The van der Waals surface area contributed by atoms with Crippen molar-refractivity contribution in [3.05, 3.63) is 84.4 Å². The topological polar surface area (TPSA) is 80.3 Å². The van der Waals surface area contributed by atoms with Crippen molar-refractivity contribution in [1.82, 2.24) is 4.98 Å². The highest BCUT2D eigenvalue weighted by molar-refractivity contribution is 8.00. The normalized spacial score (nSPS) is 11.0. The third kappa shape index (κ3) is 6.69. The number of amides is 2. The molecule has 3 aromatic carbocycles. The Hall–Kier alpha value is -3.62. The predicted molar refractivity (Wildman–Crippen MR) is 141 cm³/mol. The predicted octanol–water partition coefficient (Wildman–Crippen LogP) is 6.08. The van der Waals surface area contributed by atoms with Crippen LogP contribution >= 0.6 is 23.1 Å². The van der Waals surface area contributed by atoms with Crippen LogP contribution < -0.4 is 15.4 Å². The molecule has 0 saturated heterocycles. The number of anilines is 2. The SMILES string of the molecule is CCOc1ccc2nc(NC(=O)CSc3cccc(NC(=O)/C=C/c4ccccc4)c3)sc2c1. The van der Waals surface area contributed by atoms with Gasteiger partial charge in [0, 0.05) is 16.7 Å². The van der Waals surface area contributed by atoms with Gasteiger partial charge in [-0.25, -0.2) is 4.98 Å². The van der Waals surface area contributed by atoms with Crippen molar-refractivity contribution in [3.63, 3.8) is 0 Å². The molecule has 0 fully saturated rings. The number of nitrogens with zero attached hydrogens (tertiary/aromatic N) is 1. The van der Waals surface area contributed by atoms with Crippen LogP contribution in [0, 0.1) is 0 Å². The highest BCUT2D eigenvalue weighted by Gasteiger charge is 2.10. The quantitative estimate of drug-likeness (QED) is 0.220. The number of carbonyl (C=O) groups excluding carboxylic acids is 2. The van der Waals surface area contributed by atoms with Crippen molar-refractivity contribution in [2.24, 2.45) is 0 Å². The molecule has 0 atom stereocenters. The van der Waals surface area contributed by atoms with Gasteiger partial charge in [-0.15, -0.1) is 11.8 Å². The Labute approximate surface area is 206 Å². The van der Waals surface area contributed by atoms with Crippen molar-refractivity contribution in [2.75, 3.05) is 23.0 Å². The van der Waals surface area contributed by atoms with E-state index in [1.54, 1.807) is 6.08 Å². The third-order valence-electron chi connectivity index (χ3n) is 4.62. The van der Waals surface area contributed by atoms with Crippen LogP contribution in [0.2, 0.25) is 0 Å². The molecule has 0 spiro atoms. The summed E-state index contributed by atoms with van der Waals surface area (Å²) in [5.74, 6) is 0.654. The Balaban J connectivity index is 1.30. The van der Waals surface area contributed by atoms with E-state index < -0.39 is 0 Å². The minimum Gasteiger partial charge on any atom is -0.494 e. The van der Waals surface area contributed by atoms with Crippen molar-refractivity contribution in [3.8, 4) is 5.75 Å². The summed E-state index contributed by atoms with van der Waals surface area (Å²) in [5, 5.41) is 6.27. The third-order valence-corrected chi connectivity index (χ3v) is 6.54. The Bertz CT molecular complexity index is 1320. The molecular formula is C26H23N3O3S2. The van der Waals surface area contributed by atoms with Crippen molar-refractivity contribution >= 4 is 62.0 Å². The zero-order chi connectivity index (χ0) is 23.8. The van der Waals surface area contributed by atoms with E-state index in [9.17, 15) is 9.59 Å².